The molecule has 3 aromatic rings. The number of aromatic nitrogens is 3. The maximum atomic E-state index is 13.0. The molecule has 2 aromatic heterocycles. The highest BCUT2D eigenvalue weighted by Gasteiger charge is 2.31. The van der Waals surface area contributed by atoms with Crippen molar-refractivity contribution in [3.63, 3.8) is 0 Å². The molecule has 5 rings (SSSR count). The van der Waals surface area contributed by atoms with Crippen molar-refractivity contribution in [2.45, 2.75) is 57.4 Å². The summed E-state index contributed by atoms with van der Waals surface area (Å²) < 4.78 is 32.0. The molecule has 0 bridgehead atoms. The van der Waals surface area contributed by atoms with Gasteiger partial charge < -0.3 is 21.1 Å². The van der Waals surface area contributed by atoms with Crippen LogP contribution in [0.1, 0.15) is 49.9 Å². The Balaban J connectivity index is 1.46. The molecule has 0 unspecified atom stereocenters. The number of unbranched alkanes of at least 4 members (excludes halogenated alkanes) is 1. The molecule has 0 atom stereocenters. The lowest BCUT2D eigenvalue weighted by molar-refractivity contribution is 0.310. The van der Waals surface area contributed by atoms with Crippen LogP contribution in [0.25, 0.3) is 11.1 Å². The standard InChI is InChI=1S/C28H36N6O3S/c1-28(2)8-7-23-22(15-28)27(33-18-32-23)34-10-11-37-24-6-5-19(13-21(24)17-34)20-14-25(26(30)31-16-20)38(35,36)12-4-3-9-29/h5-6,13-14,16,18H,3-4,7-12,15,17,29H2,1-2H3,(H2,30,31). The fraction of sp³-hybridized carbons (Fsp3) is 0.464. The molecule has 38 heavy (non-hydrogen) atoms. The Labute approximate surface area is 224 Å². The third-order valence-corrected chi connectivity index (χ3v) is 9.29. The predicted octanol–water partition coefficient (Wildman–Crippen LogP) is 3.55. The zero-order chi connectivity index (χ0) is 26.9. The number of benzene rings is 1. The van der Waals surface area contributed by atoms with Crippen LogP contribution >= 0.6 is 0 Å². The number of pyridine rings is 1. The summed E-state index contributed by atoms with van der Waals surface area (Å²) in [5.41, 5.74) is 16.7. The number of sulfone groups is 1. The smallest absolute Gasteiger partial charge is 0.182 e. The van der Waals surface area contributed by atoms with Gasteiger partial charge in [-0.2, -0.15) is 0 Å². The first-order valence-electron chi connectivity index (χ1n) is 13.2. The van der Waals surface area contributed by atoms with E-state index in [1.165, 1.54) is 5.56 Å². The second kappa shape index (κ2) is 10.5. The average molecular weight is 537 g/mol. The number of nitrogens with zero attached hydrogens (tertiary/aromatic N) is 4. The number of anilines is 2. The largest absolute Gasteiger partial charge is 0.491 e. The maximum Gasteiger partial charge on any atom is 0.182 e. The van der Waals surface area contributed by atoms with E-state index in [-0.39, 0.29) is 21.9 Å². The van der Waals surface area contributed by atoms with Crippen molar-refractivity contribution in [3.05, 3.63) is 53.6 Å². The van der Waals surface area contributed by atoms with Crippen molar-refractivity contribution >= 4 is 21.5 Å². The normalized spacial score (nSPS) is 16.8. The van der Waals surface area contributed by atoms with Gasteiger partial charge in [0.15, 0.2) is 9.84 Å². The van der Waals surface area contributed by atoms with Crippen molar-refractivity contribution in [2.24, 2.45) is 11.1 Å². The summed E-state index contributed by atoms with van der Waals surface area (Å²) in [4.78, 5) is 15.9. The van der Waals surface area contributed by atoms with Gasteiger partial charge in [-0.05, 0) is 67.8 Å². The van der Waals surface area contributed by atoms with E-state index < -0.39 is 9.84 Å². The predicted molar refractivity (Wildman–Crippen MR) is 149 cm³/mol. The molecule has 0 amide bonds. The molecule has 202 valence electrons. The van der Waals surface area contributed by atoms with Gasteiger partial charge in [0, 0.05) is 35.1 Å². The van der Waals surface area contributed by atoms with E-state index in [9.17, 15) is 8.42 Å². The van der Waals surface area contributed by atoms with Crippen molar-refractivity contribution in [1.29, 1.82) is 0 Å². The number of nitrogen functional groups attached to an aromatic ring is 1. The van der Waals surface area contributed by atoms with E-state index in [4.69, 9.17) is 21.2 Å². The average Bonchev–Trinajstić information content (AvgIpc) is 3.10. The molecule has 0 fully saturated rings. The Kier molecular flexibility index (Phi) is 7.28. The summed E-state index contributed by atoms with van der Waals surface area (Å²) in [5.74, 6) is 1.80. The van der Waals surface area contributed by atoms with Gasteiger partial charge in [-0.15, -0.1) is 0 Å². The summed E-state index contributed by atoms with van der Waals surface area (Å²) in [7, 11) is -3.57. The second-order valence-corrected chi connectivity index (χ2v) is 13.1. The van der Waals surface area contributed by atoms with Crippen LogP contribution in [0, 0.1) is 5.41 Å². The third kappa shape index (κ3) is 5.47. The van der Waals surface area contributed by atoms with Crippen molar-refractivity contribution in [2.75, 3.05) is 36.1 Å². The van der Waals surface area contributed by atoms with Gasteiger partial charge in [-0.25, -0.2) is 23.4 Å². The molecule has 10 heteroatoms. The fourth-order valence-electron chi connectivity index (χ4n) is 5.29. The Hall–Kier alpha value is -3.24. The Bertz CT molecular complexity index is 1440. The van der Waals surface area contributed by atoms with Crippen LogP contribution in [0.4, 0.5) is 11.6 Å². The van der Waals surface area contributed by atoms with E-state index in [0.29, 0.717) is 44.6 Å². The van der Waals surface area contributed by atoms with Crippen molar-refractivity contribution < 1.29 is 13.2 Å². The van der Waals surface area contributed by atoms with E-state index >= 15 is 0 Å². The molecule has 0 saturated carbocycles. The Morgan fingerprint density at radius 1 is 1.11 bits per heavy atom. The highest BCUT2D eigenvalue weighted by molar-refractivity contribution is 7.91. The number of hydrogen-bond acceptors (Lipinski definition) is 9. The molecule has 3 heterocycles. The molecule has 1 aromatic carbocycles. The quantitative estimate of drug-likeness (QED) is 0.434. The summed E-state index contributed by atoms with van der Waals surface area (Å²) in [5, 5.41) is 0. The minimum atomic E-state index is -3.57. The number of rotatable bonds is 7. The molecule has 1 aliphatic heterocycles. The molecular weight excluding hydrogens is 500 g/mol. The lowest BCUT2D eigenvalue weighted by Gasteiger charge is -2.33. The van der Waals surface area contributed by atoms with Gasteiger partial charge in [-0.3, -0.25) is 0 Å². The zero-order valence-electron chi connectivity index (χ0n) is 22.1. The van der Waals surface area contributed by atoms with Gasteiger partial charge in [0.2, 0.25) is 0 Å². The topological polar surface area (TPSA) is 137 Å². The van der Waals surface area contributed by atoms with Crippen LogP contribution in [0.5, 0.6) is 5.75 Å². The lowest BCUT2D eigenvalue weighted by atomic mass is 9.76. The van der Waals surface area contributed by atoms with E-state index in [1.54, 1.807) is 18.6 Å². The second-order valence-electron chi connectivity index (χ2n) is 11.0. The number of ether oxygens (including phenoxy) is 1. The molecule has 2 aliphatic rings. The highest BCUT2D eigenvalue weighted by Crippen LogP contribution is 2.39. The van der Waals surface area contributed by atoms with E-state index in [2.05, 4.69) is 28.7 Å². The monoisotopic (exact) mass is 536 g/mol. The minimum absolute atomic E-state index is 0.00736. The summed E-state index contributed by atoms with van der Waals surface area (Å²) in [6, 6.07) is 7.55. The van der Waals surface area contributed by atoms with Gasteiger partial charge in [0.1, 0.15) is 35.2 Å². The molecule has 1 aliphatic carbocycles. The molecule has 0 radical (unpaired) electrons. The summed E-state index contributed by atoms with van der Waals surface area (Å²) in [6.07, 6.45) is 7.44. The third-order valence-electron chi connectivity index (χ3n) is 7.46. The fourth-order valence-corrected chi connectivity index (χ4v) is 6.78. The van der Waals surface area contributed by atoms with Crippen LogP contribution in [0.15, 0.2) is 41.7 Å². The highest BCUT2D eigenvalue weighted by atomic mass is 32.2. The van der Waals surface area contributed by atoms with Crippen LogP contribution in [-0.2, 0) is 29.2 Å². The summed E-state index contributed by atoms with van der Waals surface area (Å²) in [6.45, 7) is 6.93. The molecule has 9 nitrogen and oxygen atoms in total. The van der Waals surface area contributed by atoms with Gasteiger partial charge in [0.25, 0.3) is 0 Å². The first-order chi connectivity index (χ1) is 18.2. The van der Waals surface area contributed by atoms with E-state index in [1.807, 2.05) is 18.2 Å². The van der Waals surface area contributed by atoms with Crippen LogP contribution in [0.2, 0.25) is 0 Å². The molecule has 0 spiro atoms. The first-order valence-corrected chi connectivity index (χ1v) is 14.8. The number of hydrogen-bond donors (Lipinski definition) is 2. The van der Waals surface area contributed by atoms with Gasteiger partial charge in [0.05, 0.1) is 12.3 Å². The van der Waals surface area contributed by atoms with Crippen LogP contribution in [0.3, 0.4) is 0 Å². The summed E-state index contributed by atoms with van der Waals surface area (Å²) >= 11 is 0. The molecular formula is C28H36N6O3S. The SMILES string of the molecule is CC1(C)CCc2ncnc(N3CCOc4ccc(-c5cnc(N)c(S(=O)(=O)CCCCN)c5)cc4C3)c2C1. The number of fused-ring (bicyclic) bond motifs is 2. The zero-order valence-corrected chi connectivity index (χ0v) is 22.9. The minimum Gasteiger partial charge on any atom is -0.491 e. The van der Waals surface area contributed by atoms with Crippen LogP contribution in [-0.4, -0.2) is 48.8 Å². The molecule has 0 saturated heterocycles. The van der Waals surface area contributed by atoms with Gasteiger partial charge >= 0.3 is 0 Å². The van der Waals surface area contributed by atoms with Gasteiger partial charge in [-0.1, -0.05) is 19.9 Å². The van der Waals surface area contributed by atoms with E-state index in [0.717, 1.165) is 47.7 Å². The van der Waals surface area contributed by atoms with Crippen molar-refractivity contribution in [1.82, 2.24) is 15.0 Å². The lowest BCUT2D eigenvalue weighted by Crippen LogP contribution is -2.31. The number of nitrogens with two attached hydrogens (primary N) is 2. The maximum absolute atomic E-state index is 13.0. The Morgan fingerprint density at radius 3 is 2.76 bits per heavy atom. The molecule has 4 N–H and O–H groups in total. The first kappa shape index (κ1) is 26.4. The van der Waals surface area contributed by atoms with Crippen molar-refractivity contribution in [3.8, 4) is 16.9 Å². The Morgan fingerprint density at radius 2 is 1.95 bits per heavy atom. The van der Waals surface area contributed by atoms with Crippen LogP contribution < -0.4 is 21.1 Å². The number of aryl methyl sites for hydroxylation is 1.